The molecule has 1 aliphatic rings. The van der Waals surface area contributed by atoms with Gasteiger partial charge in [-0.15, -0.1) is 10.2 Å². The van der Waals surface area contributed by atoms with Gasteiger partial charge in [0.15, 0.2) is 11.5 Å². The Labute approximate surface area is 136 Å². The van der Waals surface area contributed by atoms with Gasteiger partial charge in [0, 0.05) is 39.0 Å². The molecule has 2 aromatic rings. The minimum Gasteiger partial charge on any atom is -0.368 e. The lowest BCUT2D eigenvalue weighted by molar-refractivity contribution is 0.109. The van der Waals surface area contributed by atoms with E-state index < -0.39 is 11.2 Å². The first-order valence-electron chi connectivity index (χ1n) is 7.06. The minimum atomic E-state index is -1.57. The Kier molecular flexibility index (Phi) is 3.82. The number of anilines is 1. The molecule has 7 nitrogen and oxygen atoms in total. The van der Waals surface area contributed by atoms with Gasteiger partial charge in [-0.05, 0) is 0 Å². The summed E-state index contributed by atoms with van der Waals surface area (Å²) in [4.78, 5) is 15.7. The molecule has 0 aliphatic carbocycles. The third-order valence-corrected chi connectivity index (χ3v) is 4.35. The molecule has 120 valence electrons. The molecule has 3 heterocycles. The van der Waals surface area contributed by atoms with Crippen molar-refractivity contribution < 1.29 is 4.39 Å². The summed E-state index contributed by atoms with van der Waals surface area (Å²) in [6, 6.07) is 3.16. The molecular formula is C14H14ClFN6O. The standard InChI is InChI=1S/C14H14ClFN6O/c1-21-8-18-20-13(21)14(16)2-4-22(5-3-14)11-9(7-17)6-10(23)19-12(11)15/h6,8H,2-5H2,1H3,(H,19,23). The molecule has 0 unspecified atom stereocenters. The third kappa shape index (κ3) is 2.68. The minimum absolute atomic E-state index is 0.0964. The highest BCUT2D eigenvalue weighted by Gasteiger charge is 2.40. The molecule has 23 heavy (non-hydrogen) atoms. The molecule has 2 aromatic heterocycles. The van der Waals surface area contributed by atoms with Crippen molar-refractivity contribution in [3.8, 4) is 6.07 Å². The molecule has 0 amide bonds. The summed E-state index contributed by atoms with van der Waals surface area (Å²) in [7, 11) is 1.70. The van der Waals surface area contributed by atoms with Gasteiger partial charge in [0.2, 0.25) is 5.56 Å². The van der Waals surface area contributed by atoms with E-state index in [0.717, 1.165) is 0 Å². The second-order valence-corrected chi connectivity index (χ2v) is 5.92. The van der Waals surface area contributed by atoms with Crippen LogP contribution < -0.4 is 10.5 Å². The van der Waals surface area contributed by atoms with Crippen LogP contribution in [0.2, 0.25) is 5.15 Å². The highest BCUT2D eigenvalue weighted by molar-refractivity contribution is 6.32. The van der Waals surface area contributed by atoms with Gasteiger partial charge >= 0.3 is 0 Å². The molecule has 0 spiro atoms. The SMILES string of the molecule is Cn1cnnc1C1(F)CCN(c2c(C#N)cc(=O)[nH]c2Cl)CC1. The first kappa shape index (κ1) is 15.5. The first-order chi connectivity index (χ1) is 10.9. The lowest BCUT2D eigenvalue weighted by Crippen LogP contribution is -2.42. The second-order valence-electron chi connectivity index (χ2n) is 5.54. The summed E-state index contributed by atoms with van der Waals surface area (Å²) in [5.74, 6) is 0.297. The molecule has 1 N–H and O–H groups in total. The number of nitriles is 1. The Morgan fingerprint density at radius 1 is 1.48 bits per heavy atom. The van der Waals surface area contributed by atoms with Crippen LogP contribution in [0.25, 0.3) is 0 Å². The van der Waals surface area contributed by atoms with Gasteiger partial charge in [-0.25, -0.2) is 4.39 Å². The Balaban J connectivity index is 1.87. The zero-order valence-corrected chi connectivity index (χ0v) is 13.1. The first-order valence-corrected chi connectivity index (χ1v) is 7.44. The molecule has 9 heteroatoms. The topological polar surface area (TPSA) is 90.6 Å². The summed E-state index contributed by atoms with van der Waals surface area (Å²) < 4.78 is 16.7. The van der Waals surface area contributed by atoms with Crippen LogP contribution in [-0.2, 0) is 12.7 Å². The summed E-state index contributed by atoms with van der Waals surface area (Å²) in [6.07, 6.45) is 1.86. The molecule has 0 saturated carbocycles. The summed E-state index contributed by atoms with van der Waals surface area (Å²) >= 11 is 6.07. The van der Waals surface area contributed by atoms with Gasteiger partial charge in [-0.2, -0.15) is 5.26 Å². The number of alkyl halides is 1. The lowest BCUT2D eigenvalue weighted by Gasteiger charge is -2.37. The molecule has 0 atom stereocenters. The monoisotopic (exact) mass is 336 g/mol. The quantitative estimate of drug-likeness (QED) is 0.839. The predicted octanol–water partition coefficient (Wildman–Crippen LogP) is 1.49. The second kappa shape index (κ2) is 5.66. The van der Waals surface area contributed by atoms with Gasteiger partial charge in [0.25, 0.3) is 0 Å². The Bertz CT molecular complexity index is 831. The molecule has 0 aromatic carbocycles. The van der Waals surface area contributed by atoms with E-state index in [-0.39, 0.29) is 23.6 Å². The zero-order valence-electron chi connectivity index (χ0n) is 12.4. The van der Waals surface area contributed by atoms with Crippen LogP contribution in [0.4, 0.5) is 10.1 Å². The number of piperidine rings is 1. The predicted molar refractivity (Wildman–Crippen MR) is 82.0 cm³/mol. The number of rotatable bonds is 2. The van der Waals surface area contributed by atoms with Crippen molar-refractivity contribution in [2.45, 2.75) is 18.5 Å². The maximum Gasteiger partial charge on any atom is 0.250 e. The maximum absolute atomic E-state index is 15.1. The number of aromatic nitrogens is 4. The molecule has 3 rings (SSSR count). The van der Waals surface area contributed by atoms with Gasteiger partial charge in [-0.3, -0.25) is 4.79 Å². The fourth-order valence-electron chi connectivity index (χ4n) is 2.91. The van der Waals surface area contributed by atoms with Gasteiger partial charge in [0.1, 0.15) is 17.5 Å². The van der Waals surface area contributed by atoms with E-state index in [1.165, 1.54) is 12.4 Å². The Morgan fingerprint density at radius 3 is 2.74 bits per heavy atom. The van der Waals surface area contributed by atoms with E-state index >= 15 is 4.39 Å². The number of hydrogen-bond donors (Lipinski definition) is 1. The Morgan fingerprint density at radius 2 is 2.17 bits per heavy atom. The van der Waals surface area contributed by atoms with E-state index in [0.29, 0.717) is 24.6 Å². The third-order valence-electron chi connectivity index (χ3n) is 4.08. The van der Waals surface area contributed by atoms with Crippen molar-refractivity contribution in [1.29, 1.82) is 5.26 Å². The number of aromatic amines is 1. The average molecular weight is 337 g/mol. The number of H-pyrrole nitrogens is 1. The normalized spacial score (nSPS) is 17.0. The highest BCUT2D eigenvalue weighted by Crippen LogP contribution is 2.38. The summed E-state index contributed by atoms with van der Waals surface area (Å²) in [5, 5.41) is 16.9. The number of halogens is 2. The highest BCUT2D eigenvalue weighted by atomic mass is 35.5. The molecule has 1 fully saturated rings. The van der Waals surface area contributed by atoms with Crippen molar-refractivity contribution in [1.82, 2.24) is 19.7 Å². The fourth-order valence-corrected chi connectivity index (χ4v) is 3.23. The van der Waals surface area contributed by atoms with Crippen LogP contribution in [0.3, 0.4) is 0 Å². The van der Waals surface area contributed by atoms with Crippen molar-refractivity contribution in [2.75, 3.05) is 18.0 Å². The maximum atomic E-state index is 15.1. The van der Waals surface area contributed by atoms with Crippen LogP contribution in [0.5, 0.6) is 0 Å². The van der Waals surface area contributed by atoms with Crippen molar-refractivity contribution in [3.63, 3.8) is 0 Å². The van der Waals surface area contributed by atoms with Crippen LogP contribution in [0.15, 0.2) is 17.2 Å². The molecule has 0 radical (unpaired) electrons. The number of nitrogens with zero attached hydrogens (tertiary/aromatic N) is 5. The van der Waals surface area contributed by atoms with Crippen molar-refractivity contribution in [3.05, 3.63) is 39.3 Å². The van der Waals surface area contributed by atoms with Crippen LogP contribution in [-0.4, -0.2) is 32.8 Å². The van der Waals surface area contributed by atoms with E-state index in [2.05, 4.69) is 15.2 Å². The number of hydrogen-bond acceptors (Lipinski definition) is 5. The van der Waals surface area contributed by atoms with Crippen molar-refractivity contribution in [2.24, 2.45) is 7.05 Å². The lowest BCUT2D eigenvalue weighted by atomic mass is 9.92. The van der Waals surface area contributed by atoms with Crippen LogP contribution >= 0.6 is 11.6 Å². The number of aryl methyl sites for hydroxylation is 1. The molecular weight excluding hydrogens is 323 g/mol. The summed E-state index contributed by atoms with van der Waals surface area (Å²) in [5.41, 5.74) is -1.38. The smallest absolute Gasteiger partial charge is 0.250 e. The molecule has 1 saturated heterocycles. The van der Waals surface area contributed by atoms with Gasteiger partial charge < -0.3 is 14.5 Å². The molecule has 0 bridgehead atoms. The summed E-state index contributed by atoms with van der Waals surface area (Å²) in [6.45, 7) is 0.702. The van der Waals surface area contributed by atoms with E-state index in [9.17, 15) is 10.1 Å². The molecule has 1 aliphatic heterocycles. The van der Waals surface area contributed by atoms with Gasteiger partial charge in [-0.1, -0.05) is 11.6 Å². The fraction of sp³-hybridized carbons (Fsp3) is 0.429. The van der Waals surface area contributed by atoms with Crippen LogP contribution in [0, 0.1) is 11.3 Å². The Hall–Kier alpha value is -2.40. The van der Waals surface area contributed by atoms with Gasteiger partial charge in [0.05, 0.1) is 11.3 Å². The van der Waals surface area contributed by atoms with E-state index in [1.807, 2.05) is 11.0 Å². The van der Waals surface area contributed by atoms with Crippen LogP contribution in [0.1, 0.15) is 24.2 Å². The zero-order chi connectivity index (χ0) is 16.6. The average Bonchev–Trinajstić information content (AvgIpc) is 2.95. The van der Waals surface area contributed by atoms with Crippen molar-refractivity contribution >= 4 is 17.3 Å². The number of pyridine rings is 1. The number of nitrogens with one attached hydrogen (secondary N) is 1. The largest absolute Gasteiger partial charge is 0.368 e. The van der Waals surface area contributed by atoms with E-state index in [4.69, 9.17) is 11.6 Å². The van der Waals surface area contributed by atoms with E-state index in [1.54, 1.807) is 11.6 Å².